The van der Waals surface area contributed by atoms with Gasteiger partial charge in [0, 0.05) is 27.9 Å². The molecule has 2 N–H and O–H groups in total. The molecule has 0 unspecified atom stereocenters. The Morgan fingerprint density at radius 1 is 1.30 bits per heavy atom. The number of H-pyrrole nitrogens is 1. The topological polar surface area (TPSA) is 114 Å². The fourth-order valence-corrected chi connectivity index (χ4v) is 2.98. The number of nitrogens with zero attached hydrogens (tertiary/aromatic N) is 3. The maximum absolute atomic E-state index is 12.1. The van der Waals surface area contributed by atoms with E-state index in [-0.39, 0.29) is 17.3 Å². The molecule has 10 heteroatoms. The first kappa shape index (κ1) is 18.9. The summed E-state index contributed by atoms with van der Waals surface area (Å²) in [6.45, 7) is 1.64. The molecule has 0 fully saturated rings. The van der Waals surface area contributed by atoms with Crippen LogP contribution in [0.1, 0.15) is 5.56 Å². The Kier molecular flexibility index (Phi) is 5.72. The van der Waals surface area contributed by atoms with Crippen molar-refractivity contribution in [3.8, 4) is 11.4 Å². The number of rotatable bonds is 6. The number of thioether (sulfide) groups is 1. The maximum atomic E-state index is 12.1. The number of hydrogen-bond acceptors (Lipinski definition) is 6. The van der Waals surface area contributed by atoms with E-state index < -0.39 is 4.92 Å². The molecule has 0 aliphatic carbocycles. The summed E-state index contributed by atoms with van der Waals surface area (Å²) in [5.74, 6) is 0.333. The number of carbonyl (C=O) groups excluding carboxylic acids is 1. The van der Waals surface area contributed by atoms with Crippen LogP contribution in [0.3, 0.4) is 0 Å². The largest absolute Gasteiger partial charge is 0.325 e. The fourth-order valence-electron chi connectivity index (χ4n) is 2.26. The number of nitro benzene ring substituents is 1. The van der Waals surface area contributed by atoms with Gasteiger partial charge < -0.3 is 5.32 Å². The monoisotopic (exact) mass is 403 g/mol. The van der Waals surface area contributed by atoms with E-state index >= 15 is 0 Å². The molecule has 0 atom stereocenters. The van der Waals surface area contributed by atoms with E-state index in [1.54, 1.807) is 31.2 Å². The number of aromatic nitrogens is 3. The molecule has 1 heterocycles. The Bertz CT molecular complexity index is 990. The smallest absolute Gasteiger partial charge is 0.274 e. The number of benzene rings is 2. The van der Waals surface area contributed by atoms with Crippen molar-refractivity contribution in [1.29, 1.82) is 0 Å². The molecule has 0 saturated heterocycles. The van der Waals surface area contributed by atoms with Crippen molar-refractivity contribution < 1.29 is 9.72 Å². The molecule has 0 radical (unpaired) electrons. The third-order valence-electron chi connectivity index (χ3n) is 3.60. The second-order valence-electron chi connectivity index (χ2n) is 5.57. The fraction of sp³-hybridized carbons (Fsp3) is 0.118. The molecule has 0 aliphatic rings. The van der Waals surface area contributed by atoms with Crippen molar-refractivity contribution >= 4 is 40.6 Å². The summed E-state index contributed by atoms with van der Waals surface area (Å²) in [5.41, 5.74) is 1.69. The van der Waals surface area contributed by atoms with Crippen molar-refractivity contribution in [2.75, 3.05) is 11.1 Å². The molecule has 1 aromatic heterocycles. The first-order valence-corrected chi connectivity index (χ1v) is 9.15. The number of amides is 1. The normalized spacial score (nSPS) is 10.6. The minimum absolute atomic E-state index is 0.0398. The van der Waals surface area contributed by atoms with Gasteiger partial charge in [-0.1, -0.05) is 29.4 Å². The number of halogens is 1. The van der Waals surface area contributed by atoms with E-state index in [9.17, 15) is 14.9 Å². The van der Waals surface area contributed by atoms with Crippen LogP contribution >= 0.6 is 23.4 Å². The lowest BCUT2D eigenvalue weighted by molar-refractivity contribution is -0.385. The molecule has 0 bridgehead atoms. The van der Waals surface area contributed by atoms with Gasteiger partial charge in [-0.05, 0) is 37.3 Å². The summed E-state index contributed by atoms with van der Waals surface area (Å²) >= 11 is 7.01. The van der Waals surface area contributed by atoms with Gasteiger partial charge in [0.05, 0.1) is 10.7 Å². The zero-order valence-electron chi connectivity index (χ0n) is 14.1. The van der Waals surface area contributed by atoms with Gasteiger partial charge in [-0.25, -0.2) is 4.98 Å². The van der Waals surface area contributed by atoms with E-state index in [1.807, 2.05) is 12.1 Å². The lowest BCUT2D eigenvalue weighted by Gasteiger charge is -2.05. The second-order valence-corrected chi connectivity index (χ2v) is 6.95. The highest BCUT2D eigenvalue weighted by atomic mass is 35.5. The molecule has 2 aromatic carbocycles. The third kappa shape index (κ3) is 4.83. The molecule has 0 spiro atoms. The summed E-state index contributed by atoms with van der Waals surface area (Å²) in [4.78, 5) is 26.9. The second kappa shape index (κ2) is 8.19. The highest BCUT2D eigenvalue weighted by molar-refractivity contribution is 7.99. The molecule has 0 saturated carbocycles. The van der Waals surface area contributed by atoms with Crippen LogP contribution in [0, 0.1) is 17.0 Å². The molecule has 8 nitrogen and oxygen atoms in total. The number of hydrogen-bond donors (Lipinski definition) is 2. The standard InChI is InChI=1S/C17H14ClN5O3S/c1-10-2-7-13(8-14(10)23(25)26)19-15(24)9-27-17-20-16(21-22-17)11-3-5-12(18)6-4-11/h2-8H,9H2,1H3,(H,19,24)(H,20,21,22). The van der Waals surface area contributed by atoms with Gasteiger partial charge in [0.2, 0.25) is 11.1 Å². The van der Waals surface area contributed by atoms with Crippen molar-refractivity contribution in [2.24, 2.45) is 0 Å². The van der Waals surface area contributed by atoms with Gasteiger partial charge >= 0.3 is 0 Å². The predicted molar refractivity (Wildman–Crippen MR) is 104 cm³/mol. The predicted octanol–water partition coefficient (Wildman–Crippen LogP) is 4.07. The Hall–Kier alpha value is -2.91. The Morgan fingerprint density at radius 3 is 2.74 bits per heavy atom. The summed E-state index contributed by atoms with van der Waals surface area (Å²) in [6.07, 6.45) is 0. The summed E-state index contributed by atoms with van der Waals surface area (Å²) in [6, 6.07) is 11.7. The summed E-state index contributed by atoms with van der Waals surface area (Å²) < 4.78 is 0. The lowest BCUT2D eigenvalue weighted by atomic mass is 10.2. The van der Waals surface area contributed by atoms with E-state index in [0.29, 0.717) is 27.3 Å². The molecular weight excluding hydrogens is 390 g/mol. The molecule has 27 heavy (non-hydrogen) atoms. The van der Waals surface area contributed by atoms with Crippen LogP contribution in [-0.4, -0.2) is 31.8 Å². The third-order valence-corrected chi connectivity index (χ3v) is 4.70. The average molecular weight is 404 g/mol. The minimum Gasteiger partial charge on any atom is -0.325 e. The summed E-state index contributed by atoms with van der Waals surface area (Å²) in [7, 11) is 0. The number of nitrogens with one attached hydrogen (secondary N) is 2. The Morgan fingerprint density at radius 2 is 2.04 bits per heavy atom. The number of anilines is 1. The van der Waals surface area contributed by atoms with Gasteiger partial charge in [-0.15, -0.1) is 5.10 Å². The molecule has 1 amide bonds. The van der Waals surface area contributed by atoms with Crippen LogP contribution in [0.5, 0.6) is 0 Å². The summed E-state index contributed by atoms with van der Waals surface area (Å²) in [5, 5.41) is 21.5. The molecule has 3 rings (SSSR count). The van der Waals surface area contributed by atoms with Crippen LogP contribution < -0.4 is 5.32 Å². The van der Waals surface area contributed by atoms with Crippen LogP contribution in [0.4, 0.5) is 11.4 Å². The number of aryl methyl sites for hydroxylation is 1. The van der Waals surface area contributed by atoms with Crippen molar-refractivity contribution in [3.63, 3.8) is 0 Å². The highest BCUT2D eigenvalue weighted by Crippen LogP contribution is 2.23. The van der Waals surface area contributed by atoms with E-state index in [0.717, 1.165) is 17.3 Å². The highest BCUT2D eigenvalue weighted by Gasteiger charge is 2.13. The molecule has 3 aromatic rings. The number of carbonyl (C=O) groups is 1. The van der Waals surface area contributed by atoms with Crippen LogP contribution in [0.15, 0.2) is 47.6 Å². The van der Waals surface area contributed by atoms with Crippen molar-refractivity contribution in [1.82, 2.24) is 15.2 Å². The number of nitro groups is 1. The van der Waals surface area contributed by atoms with E-state index in [1.165, 1.54) is 6.07 Å². The molecule has 138 valence electrons. The lowest BCUT2D eigenvalue weighted by Crippen LogP contribution is -2.14. The zero-order chi connectivity index (χ0) is 19.4. The van der Waals surface area contributed by atoms with E-state index in [4.69, 9.17) is 11.6 Å². The Labute approximate surface area is 163 Å². The van der Waals surface area contributed by atoms with Crippen LogP contribution in [0.2, 0.25) is 5.02 Å². The SMILES string of the molecule is Cc1ccc(NC(=O)CSc2n[nH]c(-c3ccc(Cl)cc3)n2)cc1[N+](=O)[O-]. The van der Waals surface area contributed by atoms with Gasteiger partial charge in [0.15, 0.2) is 5.82 Å². The van der Waals surface area contributed by atoms with Gasteiger partial charge in [-0.3, -0.25) is 20.0 Å². The van der Waals surface area contributed by atoms with Crippen molar-refractivity contribution in [3.05, 3.63) is 63.2 Å². The quantitative estimate of drug-likeness (QED) is 0.364. The first-order valence-electron chi connectivity index (χ1n) is 7.78. The van der Waals surface area contributed by atoms with E-state index in [2.05, 4.69) is 20.5 Å². The number of aromatic amines is 1. The maximum Gasteiger partial charge on any atom is 0.274 e. The Balaban J connectivity index is 1.59. The van der Waals surface area contributed by atoms with Crippen LogP contribution in [-0.2, 0) is 4.79 Å². The average Bonchev–Trinajstić information content (AvgIpc) is 3.11. The first-order chi connectivity index (χ1) is 12.9. The molecule has 0 aliphatic heterocycles. The van der Waals surface area contributed by atoms with Gasteiger partial charge in [-0.2, -0.15) is 0 Å². The molecular formula is C17H14ClN5O3S. The zero-order valence-corrected chi connectivity index (χ0v) is 15.7. The van der Waals surface area contributed by atoms with Gasteiger partial charge in [0.1, 0.15) is 0 Å². The minimum atomic E-state index is -0.480. The van der Waals surface area contributed by atoms with Crippen LogP contribution in [0.25, 0.3) is 11.4 Å². The van der Waals surface area contributed by atoms with Crippen molar-refractivity contribution in [2.45, 2.75) is 12.1 Å². The van der Waals surface area contributed by atoms with Gasteiger partial charge in [0.25, 0.3) is 5.69 Å².